The third-order valence-electron chi connectivity index (χ3n) is 7.52. The zero-order valence-electron chi connectivity index (χ0n) is 14.6. The molecule has 1 amide bonds. The van der Waals surface area contributed by atoms with Crippen molar-refractivity contribution in [2.45, 2.75) is 95.1 Å². The van der Waals surface area contributed by atoms with E-state index in [-0.39, 0.29) is 5.54 Å². The van der Waals surface area contributed by atoms with Crippen molar-refractivity contribution in [2.75, 3.05) is 6.54 Å². The molecule has 0 heterocycles. The molecule has 0 aromatic heterocycles. The number of carbonyl (C=O) groups is 1. The smallest absolute Gasteiger partial charge is 0.221 e. The van der Waals surface area contributed by atoms with Crippen LogP contribution in [-0.2, 0) is 4.79 Å². The van der Waals surface area contributed by atoms with Gasteiger partial charge in [-0.2, -0.15) is 0 Å². The van der Waals surface area contributed by atoms with Crippen molar-refractivity contribution in [3.05, 3.63) is 0 Å². The number of rotatable bonds is 5. The third kappa shape index (κ3) is 3.31. The van der Waals surface area contributed by atoms with Crippen LogP contribution in [0.4, 0.5) is 0 Å². The van der Waals surface area contributed by atoms with Gasteiger partial charge in [0.2, 0.25) is 5.91 Å². The van der Waals surface area contributed by atoms with E-state index in [1.54, 1.807) is 0 Å². The molecule has 0 aliphatic heterocycles. The van der Waals surface area contributed by atoms with Crippen LogP contribution in [0.5, 0.6) is 0 Å². The third-order valence-corrected chi connectivity index (χ3v) is 7.52. The molecule has 4 fully saturated rings. The summed E-state index contributed by atoms with van der Waals surface area (Å²) in [4.78, 5) is 12.6. The monoisotopic (exact) mass is 318 g/mol. The minimum atomic E-state index is 0.178. The van der Waals surface area contributed by atoms with Gasteiger partial charge in [0.1, 0.15) is 0 Å². The number of amides is 1. The molecule has 130 valence electrons. The summed E-state index contributed by atoms with van der Waals surface area (Å²) in [5.74, 6) is 2.97. The van der Waals surface area contributed by atoms with Crippen LogP contribution in [0, 0.1) is 17.8 Å². The van der Waals surface area contributed by atoms with Gasteiger partial charge in [-0.05, 0) is 62.7 Å². The molecular weight excluding hydrogens is 284 g/mol. The lowest BCUT2D eigenvalue weighted by molar-refractivity contribution is -0.125. The number of hydrogen-bond donors (Lipinski definition) is 2. The van der Waals surface area contributed by atoms with E-state index in [0.717, 1.165) is 24.3 Å². The maximum absolute atomic E-state index is 12.6. The zero-order chi connectivity index (χ0) is 15.7. The van der Waals surface area contributed by atoms with Gasteiger partial charge in [-0.1, -0.05) is 32.1 Å². The molecule has 4 bridgehead atoms. The van der Waals surface area contributed by atoms with Crippen LogP contribution in [0.3, 0.4) is 0 Å². The van der Waals surface area contributed by atoms with Crippen LogP contribution in [0.25, 0.3) is 0 Å². The minimum absolute atomic E-state index is 0.178. The largest absolute Gasteiger partial charge is 0.350 e. The van der Waals surface area contributed by atoms with Crippen molar-refractivity contribution in [2.24, 2.45) is 17.8 Å². The number of carbonyl (C=O) groups excluding carboxylic acids is 1. The first-order valence-corrected chi connectivity index (χ1v) is 10.3. The van der Waals surface area contributed by atoms with Crippen LogP contribution < -0.4 is 10.6 Å². The van der Waals surface area contributed by atoms with Crippen molar-refractivity contribution < 1.29 is 4.79 Å². The second-order valence-electron chi connectivity index (χ2n) is 8.87. The van der Waals surface area contributed by atoms with Crippen molar-refractivity contribution in [1.29, 1.82) is 0 Å². The molecule has 4 aliphatic rings. The van der Waals surface area contributed by atoms with E-state index in [1.807, 2.05) is 0 Å². The van der Waals surface area contributed by atoms with Crippen molar-refractivity contribution in [1.82, 2.24) is 10.6 Å². The second-order valence-corrected chi connectivity index (χ2v) is 8.87. The molecule has 23 heavy (non-hydrogen) atoms. The van der Waals surface area contributed by atoms with E-state index in [4.69, 9.17) is 0 Å². The average Bonchev–Trinajstić information content (AvgIpc) is 3.03. The number of fused-ring (bicyclic) bond motifs is 6. The Kier molecular flexibility index (Phi) is 4.67. The first kappa shape index (κ1) is 15.9. The molecule has 4 rings (SSSR count). The molecule has 0 saturated heterocycles. The Morgan fingerprint density at radius 3 is 2.70 bits per heavy atom. The van der Waals surface area contributed by atoms with E-state index in [9.17, 15) is 4.79 Å². The van der Waals surface area contributed by atoms with Gasteiger partial charge in [-0.15, -0.1) is 0 Å². The maximum Gasteiger partial charge on any atom is 0.221 e. The van der Waals surface area contributed by atoms with Crippen molar-refractivity contribution in [3.8, 4) is 0 Å². The standard InChI is InChI=1S/C20H34N2O/c23-19(10-12-21-18-6-2-1-3-7-18)22-20-11-4-5-16(14-20)15-8-9-17(20)13-15/h15-18,21H,1-14H2,(H,22,23). The molecule has 0 spiro atoms. The fraction of sp³-hybridized carbons (Fsp3) is 0.950. The Morgan fingerprint density at radius 1 is 0.957 bits per heavy atom. The molecule has 0 aromatic carbocycles. The highest BCUT2D eigenvalue weighted by Crippen LogP contribution is 2.56. The first-order chi connectivity index (χ1) is 11.3. The van der Waals surface area contributed by atoms with E-state index in [0.29, 0.717) is 18.4 Å². The van der Waals surface area contributed by atoms with E-state index in [2.05, 4.69) is 10.6 Å². The predicted octanol–water partition coefficient (Wildman–Crippen LogP) is 3.77. The zero-order valence-corrected chi connectivity index (χ0v) is 14.6. The Hall–Kier alpha value is -0.570. The van der Waals surface area contributed by atoms with Gasteiger partial charge in [-0.25, -0.2) is 0 Å². The molecule has 4 aliphatic carbocycles. The molecule has 0 aromatic rings. The molecule has 4 saturated carbocycles. The summed E-state index contributed by atoms with van der Waals surface area (Å²) in [5, 5.41) is 7.17. The van der Waals surface area contributed by atoms with E-state index < -0.39 is 0 Å². The van der Waals surface area contributed by atoms with Crippen LogP contribution in [0.1, 0.15) is 83.5 Å². The summed E-state index contributed by atoms with van der Waals surface area (Å²) in [6.07, 6.45) is 16.8. The van der Waals surface area contributed by atoms with Gasteiger partial charge >= 0.3 is 0 Å². The van der Waals surface area contributed by atoms with E-state index >= 15 is 0 Å². The van der Waals surface area contributed by atoms with Crippen molar-refractivity contribution in [3.63, 3.8) is 0 Å². The molecule has 2 N–H and O–H groups in total. The fourth-order valence-corrected chi connectivity index (χ4v) is 6.32. The lowest BCUT2D eigenvalue weighted by Gasteiger charge is -2.50. The van der Waals surface area contributed by atoms with Gasteiger partial charge in [-0.3, -0.25) is 4.79 Å². The van der Waals surface area contributed by atoms with Gasteiger partial charge in [0.15, 0.2) is 0 Å². The highest BCUT2D eigenvalue weighted by molar-refractivity contribution is 5.77. The van der Waals surface area contributed by atoms with Crippen LogP contribution >= 0.6 is 0 Å². The van der Waals surface area contributed by atoms with Gasteiger partial charge in [0.25, 0.3) is 0 Å². The Bertz CT molecular complexity index is 431. The summed E-state index contributed by atoms with van der Waals surface area (Å²) in [6.45, 7) is 0.864. The van der Waals surface area contributed by atoms with Crippen LogP contribution in [0.2, 0.25) is 0 Å². The Balaban J connectivity index is 1.27. The van der Waals surface area contributed by atoms with Crippen LogP contribution in [-0.4, -0.2) is 24.0 Å². The lowest BCUT2D eigenvalue weighted by Crippen LogP contribution is -2.58. The topological polar surface area (TPSA) is 41.1 Å². The summed E-state index contributed by atoms with van der Waals surface area (Å²) < 4.78 is 0. The second kappa shape index (κ2) is 6.74. The van der Waals surface area contributed by atoms with Gasteiger partial charge < -0.3 is 10.6 Å². The normalized spacial score (nSPS) is 40.1. The quantitative estimate of drug-likeness (QED) is 0.810. The highest BCUT2D eigenvalue weighted by Gasteiger charge is 2.53. The van der Waals surface area contributed by atoms with Crippen LogP contribution in [0.15, 0.2) is 0 Å². The lowest BCUT2D eigenvalue weighted by atomic mass is 9.61. The summed E-state index contributed by atoms with van der Waals surface area (Å²) in [5.41, 5.74) is 0.178. The highest BCUT2D eigenvalue weighted by atomic mass is 16.1. The maximum atomic E-state index is 12.6. The predicted molar refractivity (Wildman–Crippen MR) is 93.2 cm³/mol. The Labute approximate surface area is 141 Å². The molecule has 3 nitrogen and oxygen atoms in total. The fourth-order valence-electron chi connectivity index (χ4n) is 6.32. The van der Waals surface area contributed by atoms with Crippen molar-refractivity contribution >= 4 is 5.91 Å². The molecular formula is C20H34N2O. The molecule has 0 radical (unpaired) electrons. The number of nitrogens with one attached hydrogen (secondary N) is 2. The minimum Gasteiger partial charge on any atom is -0.350 e. The summed E-state index contributed by atoms with van der Waals surface area (Å²) in [6, 6.07) is 0.666. The SMILES string of the molecule is O=C(CCNC1CCCCC1)NC12CCCC(C1)C1CCC2C1. The van der Waals surface area contributed by atoms with Gasteiger partial charge in [0, 0.05) is 24.5 Å². The summed E-state index contributed by atoms with van der Waals surface area (Å²) >= 11 is 0. The first-order valence-electron chi connectivity index (χ1n) is 10.3. The average molecular weight is 319 g/mol. The Morgan fingerprint density at radius 2 is 1.83 bits per heavy atom. The molecule has 4 unspecified atom stereocenters. The number of hydrogen-bond acceptors (Lipinski definition) is 2. The van der Waals surface area contributed by atoms with E-state index in [1.165, 1.54) is 77.0 Å². The van der Waals surface area contributed by atoms with Gasteiger partial charge in [0.05, 0.1) is 0 Å². The molecule has 3 heteroatoms. The summed E-state index contributed by atoms with van der Waals surface area (Å²) in [7, 11) is 0. The molecule has 4 atom stereocenters.